The van der Waals surface area contributed by atoms with E-state index in [0.29, 0.717) is 0 Å². The maximum absolute atomic E-state index is 13.3. The Hall–Kier alpha value is -3.40. The maximum Gasteiger partial charge on any atom is 0.410 e. The quantitative estimate of drug-likeness (QED) is 0.398. The number of rotatable bonds is 4. The molecule has 0 radical (unpaired) electrons. The van der Waals surface area contributed by atoms with Gasteiger partial charge in [-0.25, -0.2) is 17.9 Å². The largest absolute Gasteiger partial charge is 0.444 e. The van der Waals surface area contributed by atoms with Crippen LogP contribution >= 0.6 is 0 Å². The van der Waals surface area contributed by atoms with E-state index in [1.807, 2.05) is 60.0 Å². The molecule has 1 amide bonds. The molecule has 200 valence electrons. The molecule has 1 fully saturated rings. The van der Waals surface area contributed by atoms with Crippen molar-refractivity contribution in [2.45, 2.75) is 56.4 Å². The molecule has 8 nitrogen and oxygen atoms in total. The first kappa shape index (κ1) is 26.2. The molecule has 0 saturated carbocycles. The molecule has 9 heteroatoms. The second-order valence-corrected chi connectivity index (χ2v) is 12.6. The molecular weight excluding hydrogens is 502 g/mol. The van der Waals surface area contributed by atoms with Crippen molar-refractivity contribution in [1.29, 1.82) is 0 Å². The zero-order valence-electron chi connectivity index (χ0n) is 22.0. The Morgan fingerprint density at radius 1 is 0.921 bits per heavy atom. The number of nitrogens with one attached hydrogen (secondary N) is 1. The van der Waals surface area contributed by atoms with E-state index in [9.17, 15) is 18.3 Å². The summed E-state index contributed by atoms with van der Waals surface area (Å²) in [5, 5.41) is 13.7. The minimum Gasteiger partial charge on any atom is -0.444 e. The molecule has 38 heavy (non-hydrogen) atoms. The predicted molar refractivity (Wildman–Crippen MR) is 148 cm³/mol. The number of aryl methyl sites for hydroxylation is 1. The Morgan fingerprint density at radius 2 is 1.47 bits per heavy atom. The second kappa shape index (κ2) is 9.72. The third kappa shape index (κ3) is 5.01. The first-order valence-corrected chi connectivity index (χ1v) is 14.2. The SMILES string of the molecule is Cc1ccc(S(=O)(=O)N[C@H]2CN(C(=O)OC(C)(C)C)C[C@@H](n3c4ccccc4c4ccccc43)[C@@H]2O)cc1. The normalized spacial score (nSPS) is 20.7. The summed E-state index contributed by atoms with van der Waals surface area (Å²) in [5.41, 5.74) is 1.99. The van der Waals surface area contributed by atoms with Crippen molar-refractivity contribution in [2.24, 2.45) is 0 Å². The van der Waals surface area contributed by atoms with E-state index in [2.05, 4.69) is 4.72 Å². The van der Waals surface area contributed by atoms with Crippen LogP contribution in [0.3, 0.4) is 0 Å². The third-order valence-electron chi connectivity index (χ3n) is 6.87. The lowest BCUT2D eigenvalue weighted by Crippen LogP contribution is -2.60. The summed E-state index contributed by atoms with van der Waals surface area (Å²) < 4.78 is 37.0. The van der Waals surface area contributed by atoms with Crippen LogP contribution in [-0.4, -0.2) is 59.9 Å². The van der Waals surface area contributed by atoms with Crippen LogP contribution in [0.4, 0.5) is 4.79 Å². The van der Waals surface area contributed by atoms with Crippen LogP contribution in [0.5, 0.6) is 0 Å². The van der Waals surface area contributed by atoms with Gasteiger partial charge in [0.25, 0.3) is 0 Å². The average Bonchev–Trinajstić information content (AvgIpc) is 3.19. The van der Waals surface area contributed by atoms with Crippen LogP contribution in [0.15, 0.2) is 77.7 Å². The van der Waals surface area contributed by atoms with Crippen molar-refractivity contribution in [2.75, 3.05) is 13.1 Å². The van der Waals surface area contributed by atoms with Gasteiger partial charge in [0.1, 0.15) is 5.60 Å². The summed E-state index contributed by atoms with van der Waals surface area (Å²) in [6, 6.07) is 20.7. The highest BCUT2D eigenvalue weighted by atomic mass is 32.2. The summed E-state index contributed by atoms with van der Waals surface area (Å²) in [5.74, 6) is 0. The zero-order chi connectivity index (χ0) is 27.2. The standard InChI is InChI=1S/C29H33N3O5S/c1-19-13-15-20(16-14-19)38(35,36)30-23-17-31(28(34)37-29(2,3)4)18-26(27(23)33)32-24-11-7-5-9-21(24)22-10-6-8-12-25(22)32/h5-16,23,26-27,30,33H,17-18H2,1-4H3/t23-,26+,27+/m0/s1. The minimum atomic E-state index is -3.97. The second-order valence-electron chi connectivity index (χ2n) is 10.9. The van der Waals surface area contributed by atoms with E-state index >= 15 is 0 Å². The summed E-state index contributed by atoms with van der Waals surface area (Å²) in [6.07, 6.45) is -1.68. The number of carbonyl (C=O) groups excluding carboxylic acids is 1. The number of aliphatic hydroxyl groups is 1. The number of benzene rings is 3. The molecule has 5 rings (SSSR count). The molecule has 2 N–H and O–H groups in total. The maximum atomic E-state index is 13.3. The molecule has 3 atom stereocenters. The Kier molecular flexibility index (Phi) is 6.71. The number of amides is 1. The topological polar surface area (TPSA) is 101 Å². The van der Waals surface area contributed by atoms with Gasteiger partial charge in [-0.05, 0) is 52.0 Å². The van der Waals surface area contributed by atoms with Crippen LogP contribution in [0, 0.1) is 6.92 Å². The van der Waals surface area contributed by atoms with Gasteiger partial charge in [-0.15, -0.1) is 0 Å². The van der Waals surface area contributed by atoms with Crippen LogP contribution in [0.2, 0.25) is 0 Å². The first-order chi connectivity index (χ1) is 17.9. The number of hydrogen-bond acceptors (Lipinski definition) is 5. The summed E-state index contributed by atoms with van der Waals surface area (Å²) in [6.45, 7) is 7.35. The minimum absolute atomic E-state index is 0.0329. The number of piperidine rings is 1. The number of sulfonamides is 1. The van der Waals surface area contributed by atoms with Gasteiger partial charge in [0.05, 0.1) is 23.1 Å². The fourth-order valence-electron chi connectivity index (χ4n) is 5.13. The molecule has 1 aliphatic rings. The average molecular weight is 536 g/mol. The van der Waals surface area contributed by atoms with E-state index < -0.39 is 39.9 Å². The van der Waals surface area contributed by atoms with E-state index in [-0.39, 0.29) is 18.0 Å². The molecule has 1 saturated heterocycles. The van der Waals surface area contributed by atoms with Crippen molar-refractivity contribution in [3.63, 3.8) is 0 Å². The van der Waals surface area contributed by atoms with Gasteiger partial charge >= 0.3 is 6.09 Å². The number of ether oxygens (including phenoxy) is 1. The molecule has 2 heterocycles. The van der Waals surface area contributed by atoms with Crippen molar-refractivity contribution in [3.05, 3.63) is 78.4 Å². The highest BCUT2D eigenvalue weighted by Crippen LogP contribution is 2.35. The fraction of sp³-hybridized carbons (Fsp3) is 0.345. The van der Waals surface area contributed by atoms with Gasteiger partial charge in [-0.2, -0.15) is 0 Å². The summed E-state index contributed by atoms with van der Waals surface area (Å²) in [4.78, 5) is 14.8. The van der Waals surface area contributed by atoms with Crippen molar-refractivity contribution >= 4 is 37.9 Å². The number of fused-ring (bicyclic) bond motifs is 3. The smallest absolute Gasteiger partial charge is 0.410 e. The summed E-state index contributed by atoms with van der Waals surface area (Å²) in [7, 11) is -3.97. The molecule has 0 spiro atoms. The van der Waals surface area contributed by atoms with Gasteiger partial charge in [-0.1, -0.05) is 54.1 Å². The van der Waals surface area contributed by atoms with Gasteiger partial charge in [0.15, 0.2) is 0 Å². The van der Waals surface area contributed by atoms with Crippen molar-refractivity contribution in [1.82, 2.24) is 14.2 Å². The van der Waals surface area contributed by atoms with E-state index in [1.165, 1.54) is 17.0 Å². The van der Waals surface area contributed by atoms with Crippen molar-refractivity contribution < 1.29 is 23.1 Å². The number of likely N-dealkylation sites (tertiary alicyclic amines) is 1. The molecule has 0 bridgehead atoms. The van der Waals surface area contributed by atoms with Crippen LogP contribution < -0.4 is 4.72 Å². The molecule has 3 aromatic carbocycles. The lowest BCUT2D eigenvalue weighted by atomic mass is 9.97. The highest BCUT2D eigenvalue weighted by molar-refractivity contribution is 7.89. The van der Waals surface area contributed by atoms with Crippen LogP contribution in [0.1, 0.15) is 32.4 Å². The first-order valence-electron chi connectivity index (χ1n) is 12.7. The molecule has 1 aromatic heterocycles. The van der Waals surface area contributed by atoms with E-state index in [0.717, 1.165) is 27.4 Å². The fourth-order valence-corrected chi connectivity index (χ4v) is 6.38. The molecule has 0 aliphatic carbocycles. The Balaban J connectivity index is 1.59. The van der Waals surface area contributed by atoms with Gasteiger partial charge in [-0.3, -0.25) is 0 Å². The monoisotopic (exact) mass is 535 g/mol. The Labute approximate surface area is 222 Å². The molecular formula is C29H33N3O5S. The molecule has 0 unspecified atom stereocenters. The number of nitrogens with zero attached hydrogens (tertiary/aromatic N) is 2. The lowest BCUT2D eigenvalue weighted by Gasteiger charge is -2.42. The van der Waals surface area contributed by atoms with E-state index in [1.54, 1.807) is 32.9 Å². The number of carbonyl (C=O) groups is 1. The summed E-state index contributed by atoms with van der Waals surface area (Å²) >= 11 is 0. The van der Waals surface area contributed by atoms with Gasteiger partial charge < -0.3 is 19.3 Å². The molecule has 1 aliphatic heterocycles. The van der Waals surface area contributed by atoms with Crippen LogP contribution in [-0.2, 0) is 14.8 Å². The number of aromatic nitrogens is 1. The van der Waals surface area contributed by atoms with Crippen molar-refractivity contribution in [3.8, 4) is 0 Å². The van der Waals surface area contributed by atoms with E-state index in [4.69, 9.17) is 4.74 Å². The highest BCUT2D eigenvalue weighted by Gasteiger charge is 2.42. The van der Waals surface area contributed by atoms with Gasteiger partial charge in [0, 0.05) is 34.9 Å². The predicted octanol–water partition coefficient (Wildman–Crippen LogP) is 4.60. The number of aliphatic hydroxyl groups excluding tert-OH is 1. The zero-order valence-corrected chi connectivity index (χ0v) is 22.8. The van der Waals surface area contributed by atoms with Gasteiger partial charge in [0.2, 0.25) is 10.0 Å². The lowest BCUT2D eigenvalue weighted by molar-refractivity contribution is -0.0147. The third-order valence-corrected chi connectivity index (χ3v) is 8.38. The van der Waals surface area contributed by atoms with Crippen LogP contribution in [0.25, 0.3) is 21.8 Å². The number of para-hydroxylation sites is 2. The molecule has 4 aromatic rings. The number of hydrogen-bond donors (Lipinski definition) is 2. The Bertz CT molecular complexity index is 1540. The Morgan fingerprint density at radius 3 is 2.03 bits per heavy atom.